The fraction of sp³-hybridized carbons (Fsp3) is 0.450. The summed E-state index contributed by atoms with van der Waals surface area (Å²) in [4.78, 5) is 25.6. The SMILES string of the molecule is CCC(=O)N1CCN(c2nc(-c3ccc(C)cc3)nc(C)c2C)CC1. The summed E-state index contributed by atoms with van der Waals surface area (Å²) in [7, 11) is 0. The standard InChI is InChI=1S/C20H26N4O/c1-5-18(25)23-10-12-24(13-11-23)20-15(3)16(4)21-19(22-20)17-8-6-14(2)7-9-17/h6-9H,5,10-13H2,1-4H3. The van der Waals surface area contributed by atoms with E-state index in [2.05, 4.69) is 48.0 Å². The summed E-state index contributed by atoms with van der Waals surface area (Å²) in [5.74, 6) is 1.99. The first-order valence-electron chi connectivity index (χ1n) is 8.94. The quantitative estimate of drug-likeness (QED) is 0.863. The summed E-state index contributed by atoms with van der Waals surface area (Å²) in [5, 5.41) is 0. The van der Waals surface area contributed by atoms with E-state index in [1.807, 2.05) is 18.7 Å². The van der Waals surface area contributed by atoms with Gasteiger partial charge in [-0.05, 0) is 20.8 Å². The lowest BCUT2D eigenvalue weighted by molar-refractivity contribution is -0.131. The van der Waals surface area contributed by atoms with Crippen LogP contribution >= 0.6 is 0 Å². The maximum absolute atomic E-state index is 11.9. The van der Waals surface area contributed by atoms with Crippen LogP contribution in [0.2, 0.25) is 0 Å². The van der Waals surface area contributed by atoms with Crippen molar-refractivity contribution in [2.45, 2.75) is 34.1 Å². The summed E-state index contributed by atoms with van der Waals surface area (Å²) in [6, 6.07) is 8.31. The zero-order chi connectivity index (χ0) is 18.0. The van der Waals surface area contributed by atoms with E-state index in [4.69, 9.17) is 4.98 Å². The van der Waals surface area contributed by atoms with E-state index < -0.39 is 0 Å². The first-order chi connectivity index (χ1) is 12.0. The van der Waals surface area contributed by atoms with Crippen LogP contribution in [0, 0.1) is 20.8 Å². The van der Waals surface area contributed by atoms with E-state index in [1.165, 1.54) is 5.56 Å². The molecule has 1 saturated heterocycles. The molecule has 0 spiro atoms. The maximum atomic E-state index is 11.9. The number of carbonyl (C=O) groups is 1. The Morgan fingerprint density at radius 3 is 2.24 bits per heavy atom. The zero-order valence-electron chi connectivity index (χ0n) is 15.5. The Kier molecular flexibility index (Phi) is 5.02. The molecular formula is C20H26N4O. The molecule has 1 amide bonds. The fourth-order valence-electron chi connectivity index (χ4n) is 3.14. The molecule has 25 heavy (non-hydrogen) atoms. The Balaban J connectivity index is 1.87. The van der Waals surface area contributed by atoms with Crippen molar-refractivity contribution in [2.24, 2.45) is 0 Å². The molecule has 132 valence electrons. The van der Waals surface area contributed by atoms with Crippen LogP contribution in [0.15, 0.2) is 24.3 Å². The summed E-state index contributed by atoms with van der Waals surface area (Å²) >= 11 is 0. The van der Waals surface area contributed by atoms with Gasteiger partial charge in [-0.15, -0.1) is 0 Å². The summed E-state index contributed by atoms with van der Waals surface area (Å²) in [6.45, 7) is 11.3. The van der Waals surface area contributed by atoms with Gasteiger partial charge in [0.15, 0.2) is 5.82 Å². The third-order valence-electron chi connectivity index (χ3n) is 4.91. The van der Waals surface area contributed by atoms with Gasteiger partial charge in [0.05, 0.1) is 0 Å². The van der Waals surface area contributed by atoms with Crippen molar-refractivity contribution in [1.29, 1.82) is 0 Å². The van der Waals surface area contributed by atoms with E-state index in [9.17, 15) is 4.79 Å². The van der Waals surface area contributed by atoms with Crippen molar-refractivity contribution in [3.63, 3.8) is 0 Å². The molecular weight excluding hydrogens is 312 g/mol. The van der Waals surface area contributed by atoms with E-state index in [-0.39, 0.29) is 5.91 Å². The van der Waals surface area contributed by atoms with Gasteiger partial charge in [-0.1, -0.05) is 36.8 Å². The molecule has 5 nitrogen and oxygen atoms in total. The number of hydrogen-bond acceptors (Lipinski definition) is 4. The monoisotopic (exact) mass is 338 g/mol. The number of aromatic nitrogens is 2. The topological polar surface area (TPSA) is 49.3 Å². The lowest BCUT2D eigenvalue weighted by Crippen LogP contribution is -2.49. The molecule has 1 fully saturated rings. The number of amides is 1. The van der Waals surface area contributed by atoms with Crippen molar-refractivity contribution in [3.05, 3.63) is 41.1 Å². The van der Waals surface area contributed by atoms with Crippen LogP contribution in [-0.4, -0.2) is 47.0 Å². The number of carbonyl (C=O) groups excluding carboxylic acids is 1. The highest BCUT2D eigenvalue weighted by molar-refractivity contribution is 5.76. The van der Waals surface area contributed by atoms with Gasteiger partial charge in [-0.3, -0.25) is 4.79 Å². The van der Waals surface area contributed by atoms with Gasteiger partial charge in [-0.2, -0.15) is 0 Å². The molecule has 0 radical (unpaired) electrons. The number of hydrogen-bond donors (Lipinski definition) is 0. The van der Waals surface area contributed by atoms with Gasteiger partial charge >= 0.3 is 0 Å². The molecule has 1 aromatic carbocycles. The first-order valence-corrected chi connectivity index (χ1v) is 8.94. The smallest absolute Gasteiger partial charge is 0.222 e. The van der Waals surface area contributed by atoms with E-state index in [0.717, 1.165) is 54.6 Å². The van der Waals surface area contributed by atoms with Crippen LogP contribution in [0.1, 0.15) is 30.2 Å². The van der Waals surface area contributed by atoms with Crippen molar-refractivity contribution in [2.75, 3.05) is 31.1 Å². The van der Waals surface area contributed by atoms with Crippen molar-refractivity contribution in [1.82, 2.24) is 14.9 Å². The number of nitrogens with zero attached hydrogens (tertiary/aromatic N) is 4. The molecule has 0 unspecified atom stereocenters. The van der Waals surface area contributed by atoms with Crippen LogP contribution in [0.4, 0.5) is 5.82 Å². The fourth-order valence-corrected chi connectivity index (χ4v) is 3.14. The van der Waals surface area contributed by atoms with Crippen LogP contribution in [0.3, 0.4) is 0 Å². The second kappa shape index (κ2) is 7.21. The lowest BCUT2D eigenvalue weighted by atomic mass is 10.1. The molecule has 0 saturated carbocycles. The van der Waals surface area contributed by atoms with E-state index in [1.54, 1.807) is 0 Å². The minimum atomic E-state index is 0.232. The molecule has 0 N–H and O–H groups in total. The predicted octanol–water partition coefficient (Wildman–Crippen LogP) is 3.13. The minimum Gasteiger partial charge on any atom is -0.353 e. The Bertz CT molecular complexity index is 762. The summed E-state index contributed by atoms with van der Waals surface area (Å²) in [6.07, 6.45) is 0.573. The van der Waals surface area contributed by atoms with Crippen LogP contribution in [-0.2, 0) is 4.79 Å². The van der Waals surface area contributed by atoms with Gasteiger partial charge in [0.2, 0.25) is 5.91 Å². The summed E-state index contributed by atoms with van der Waals surface area (Å²) in [5.41, 5.74) is 4.39. The Labute approximate surface area is 149 Å². The van der Waals surface area contributed by atoms with Gasteiger partial charge in [-0.25, -0.2) is 9.97 Å². The second-order valence-electron chi connectivity index (χ2n) is 6.67. The summed E-state index contributed by atoms with van der Waals surface area (Å²) < 4.78 is 0. The number of piperazine rings is 1. The molecule has 2 heterocycles. The molecule has 0 aliphatic carbocycles. The second-order valence-corrected chi connectivity index (χ2v) is 6.67. The Hall–Kier alpha value is -2.43. The van der Waals surface area contributed by atoms with Gasteiger partial charge in [0, 0.05) is 49.4 Å². The third-order valence-corrected chi connectivity index (χ3v) is 4.91. The van der Waals surface area contributed by atoms with Gasteiger partial charge in [0.25, 0.3) is 0 Å². The largest absolute Gasteiger partial charge is 0.353 e. The lowest BCUT2D eigenvalue weighted by Gasteiger charge is -2.36. The van der Waals surface area contributed by atoms with Gasteiger partial charge in [0.1, 0.15) is 5.82 Å². The first kappa shape index (κ1) is 17.4. The number of rotatable bonds is 3. The highest BCUT2D eigenvalue weighted by Gasteiger charge is 2.23. The Morgan fingerprint density at radius 2 is 1.64 bits per heavy atom. The molecule has 0 atom stereocenters. The van der Waals surface area contributed by atoms with Crippen molar-refractivity contribution in [3.8, 4) is 11.4 Å². The number of anilines is 1. The third kappa shape index (κ3) is 3.65. The highest BCUT2D eigenvalue weighted by Crippen LogP contribution is 2.25. The molecule has 0 bridgehead atoms. The normalized spacial score (nSPS) is 14.7. The van der Waals surface area contributed by atoms with Crippen LogP contribution in [0.5, 0.6) is 0 Å². The average Bonchev–Trinajstić information content (AvgIpc) is 2.64. The molecule has 1 aliphatic rings. The Morgan fingerprint density at radius 1 is 1.00 bits per heavy atom. The van der Waals surface area contributed by atoms with E-state index in [0.29, 0.717) is 6.42 Å². The molecule has 2 aromatic rings. The molecule has 1 aromatic heterocycles. The van der Waals surface area contributed by atoms with Crippen LogP contribution < -0.4 is 4.90 Å². The number of aryl methyl sites for hydroxylation is 2. The number of benzene rings is 1. The van der Waals surface area contributed by atoms with Crippen molar-refractivity contribution >= 4 is 11.7 Å². The molecule has 5 heteroatoms. The molecule has 1 aliphatic heterocycles. The average molecular weight is 338 g/mol. The zero-order valence-corrected chi connectivity index (χ0v) is 15.5. The van der Waals surface area contributed by atoms with E-state index >= 15 is 0 Å². The maximum Gasteiger partial charge on any atom is 0.222 e. The minimum absolute atomic E-state index is 0.232. The molecule has 3 rings (SSSR count). The highest BCUT2D eigenvalue weighted by atomic mass is 16.2. The van der Waals surface area contributed by atoms with Crippen molar-refractivity contribution < 1.29 is 4.79 Å². The van der Waals surface area contributed by atoms with Crippen LogP contribution in [0.25, 0.3) is 11.4 Å². The predicted molar refractivity (Wildman–Crippen MR) is 101 cm³/mol. The van der Waals surface area contributed by atoms with Gasteiger partial charge < -0.3 is 9.80 Å².